The molecule has 0 saturated heterocycles. The Hall–Kier alpha value is -1.82. The molecule has 0 saturated carbocycles. The first kappa shape index (κ1) is 15.6. The number of aromatic nitrogens is 2. The van der Waals surface area contributed by atoms with Crippen LogP contribution in [0.25, 0.3) is 0 Å². The lowest BCUT2D eigenvalue weighted by Gasteiger charge is -2.26. The standard InChI is InChI=1S/C15H18F3N3/c1-14(2,10-19-9-13-20-6-7-21-13)11-4-3-5-12(8-11)15(16,17)18/h3-8,19H,9-10H2,1-2H3,(H,20,21). The van der Waals surface area contributed by atoms with Crippen molar-refractivity contribution in [3.8, 4) is 0 Å². The van der Waals surface area contributed by atoms with Crippen molar-refractivity contribution in [1.29, 1.82) is 0 Å². The smallest absolute Gasteiger partial charge is 0.348 e. The number of alkyl halides is 3. The van der Waals surface area contributed by atoms with Gasteiger partial charge in [-0.2, -0.15) is 13.2 Å². The van der Waals surface area contributed by atoms with Crippen molar-refractivity contribution < 1.29 is 13.2 Å². The molecule has 1 aromatic carbocycles. The van der Waals surface area contributed by atoms with Crippen molar-refractivity contribution in [3.63, 3.8) is 0 Å². The second-order valence-corrected chi connectivity index (χ2v) is 5.60. The van der Waals surface area contributed by atoms with Crippen LogP contribution >= 0.6 is 0 Å². The van der Waals surface area contributed by atoms with E-state index >= 15 is 0 Å². The molecule has 6 heteroatoms. The van der Waals surface area contributed by atoms with Gasteiger partial charge in [0.1, 0.15) is 5.82 Å². The first-order valence-corrected chi connectivity index (χ1v) is 6.66. The molecule has 21 heavy (non-hydrogen) atoms. The van der Waals surface area contributed by atoms with E-state index in [9.17, 15) is 13.2 Å². The summed E-state index contributed by atoms with van der Waals surface area (Å²) in [7, 11) is 0. The van der Waals surface area contributed by atoms with Gasteiger partial charge in [-0.25, -0.2) is 4.98 Å². The summed E-state index contributed by atoms with van der Waals surface area (Å²) < 4.78 is 38.3. The molecule has 1 heterocycles. The molecular weight excluding hydrogens is 279 g/mol. The normalized spacial score (nSPS) is 12.6. The first-order chi connectivity index (χ1) is 9.79. The third kappa shape index (κ3) is 4.07. The number of aromatic amines is 1. The topological polar surface area (TPSA) is 40.7 Å². The van der Waals surface area contributed by atoms with Crippen LogP contribution in [0.3, 0.4) is 0 Å². The number of halogens is 3. The van der Waals surface area contributed by atoms with Crippen molar-refractivity contribution in [2.75, 3.05) is 6.54 Å². The largest absolute Gasteiger partial charge is 0.416 e. The van der Waals surface area contributed by atoms with Crippen molar-refractivity contribution in [3.05, 3.63) is 53.6 Å². The maximum absolute atomic E-state index is 12.8. The highest BCUT2D eigenvalue weighted by atomic mass is 19.4. The quantitative estimate of drug-likeness (QED) is 0.887. The van der Waals surface area contributed by atoms with E-state index in [2.05, 4.69) is 15.3 Å². The Morgan fingerprint density at radius 1 is 1.19 bits per heavy atom. The summed E-state index contributed by atoms with van der Waals surface area (Å²) in [4.78, 5) is 7.06. The molecule has 0 fully saturated rings. The lowest BCUT2D eigenvalue weighted by atomic mass is 9.83. The number of hydrogen-bond donors (Lipinski definition) is 2. The number of hydrogen-bond acceptors (Lipinski definition) is 2. The summed E-state index contributed by atoms with van der Waals surface area (Å²) in [6, 6.07) is 5.49. The average molecular weight is 297 g/mol. The zero-order valence-electron chi connectivity index (χ0n) is 12.0. The molecule has 0 aliphatic rings. The van der Waals surface area contributed by atoms with Gasteiger partial charge in [0.05, 0.1) is 12.1 Å². The van der Waals surface area contributed by atoms with E-state index in [1.165, 1.54) is 12.1 Å². The number of nitrogens with zero attached hydrogens (tertiary/aromatic N) is 1. The summed E-state index contributed by atoms with van der Waals surface area (Å²) in [6.07, 6.45) is -0.919. The van der Waals surface area contributed by atoms with E-state index in [4.69, 9.17) is 0 Å². The molecule has 0 atom stereocenters. The van der Waals surface area contributed by atoms with E-state index in [0.717, 1.165) is 11.9 Å². The molecule has 0 radical (unpaired) electrons. The molecule has 2 N–H and O–H groups in total. The minimum atomic E-state index is -4.31. The molecule has 0 amide bonds. The number of imidazole rings is 1. The molecule has 0 spiro atoms. The third-order valence-corrected chi connectivity index (χ3v) is 3.39. The predicted octanol–water partition coefficient (Wildman–Crippen LogP) is 3.50. The molecule has 2 rings (SSSR count). The summed E-state index contributed by atoms with van der Waals surface area (Å²) in [5, 5.41) is 3.21. The van der Waals surface area contributed by atoms with Gasteiger partial charge in [0.2, 0.25) is 0 Å². The minimum Gasteiger partial charge on any atom is -0.348 e. The highest BCUT2D eigenvalue weighted by Crippen LogP contribution is 2.32. The molecular formula is C15H18F3N3. The summed E-state index contributed by atoms with van der Waals surface area (Å²) in [5.74, 6) is 0.801. The van der Waals surface area contributed by atoms with E-state index < -0.39 is 17.2 Å². The molecule has 114 valence electrons. The lowest BCUT2D eigenvalue weighted by molar-refractivity contribution is -0.137. The van der Waals surface area contributed by atoms with Gasteiger partial charge in [0.15, 0.2) is 0 Å². The zero-order valence-corrected chi connectivity index (χ0v) is 12.0. The number of benzene rings is 1. The number of H-pyrrole nitrogens is 1. The van der Waals surface area contributed by atoms with Gasteiger partial charge in [-0.3, -0.25) is 0 Å². The monoisotopic (exact) mass is 297 g/mol. The predicted molar refractivity (Wildman–Crippen MR) is 74.8 cm³/mol. The summed E-state index contributed by atoms with van der Waals surface area (Å²) in [5.41, 5.74) is -0.364. The zero-order chi connectivity index (χ0) is 15.5. The van der Waals surface area contributed by atoms with Gasteiger partial charge in [-0.1, -0.05) is 32.0 Å². The van der Waals surface area contributed by atoms with Crippen LogP contribution in [0.4, 0.5) is 13.2 Å². The Morgan fingerprint density at radius 2 is 1.90 bits per heavy atom. The van der Waals surface area contributed by atoms with Crippen LogP contribution in [0.5, 0.6) is 0 Å². The van der Waals surface area contributed by atoms with E-state index in [1.54, 1.807) is 18.5 Å². The van der Waals surface area contributed by atoms with Crippen LogP contribution in [-0.2, 0) is 18.1 Å². The van der Waals surface area contributed by atoms with E-state index in [1.807, 2.05) is 13.8 Å². The Balaban J connectivity index is 2.04. The Labute approximate surface area is 121 Å². The fourth-order valence-corrected chi connectivity index (χ4v) is 2.11. The summed E-state index contributed by atoms with van der Waals surface area (Å²) in [6.45, 7) is 4.93. The molecule has 0 aliphatic heterocycles. The Kier molecular flexibility index (Phi) is 4.37. The second kappa shape index (κ2) is 5.89. The SMILES string of the molecule is CC(C)(CNCc1ncc[nH]1)c1cccc(C(F)(F)F)c1. The Morgan fingerprint density at radius 3 is 2.52 bits per heavy atom. The second-order valence-electron chi connectivity index (χ2n) is 5.60. The third-order valence-electron chi connectivity index (χ3n) is 3.39. The molecule has 0 aliphatic carbocycles. The van der Waals surface area contributed by atoms with E-state index in [-0.39, 0.29) is 0 Å². The number of rotatable bonds is 5. The van der Waals surface area contributed by atoms with Crippen LogP contribution in [0.2, 0.25) is 0 Å². The maximum atomic E-state index is 12.8. The lowest BCUT2D eigenvalue weighted by Crippen LogP contribution is -2.33. The van der Waals surface area contributed by atoms with Gasteiger partial charge in [-0.05, 0) is 11.6 Å². The first-order valence-electron chi connectivity index (χ1n) is 6.66. The molecule has 3 nitrogen and oxygen atoms in total. The van der Waals surface area contributed by atoms with Crippen LogP contribution < -0.4 is 5.32 Å². The maximum Gasteiger partial charge on any atom is 0.416 e. The molecule has 1 aromatic heterocycles. The van der Waals surface area contributed by atoms with Crippen molar-refractivity contribution >= 4 is 0 Å². The van der Waals surface area contributed by atoms with Gasteiger partial charge in [0.25, 0.3) is 0 Å². The van der Waals surface area contributed by atoms with Gasteiger partial charge >= 0.3 is 6.18 Å². The van der Waals surface area contributed by atoms with Crippen molar-refractivity contribution in [2.24, 2.45) is 0 Å². The highest BCUT2D eigenvalue weighted by molar-refractivity contribution is 5.31. The van der Waals surface area contributed by atoms with E-state index in [0.29, 0.717) is 18.7 Å². The van der Waals surface area contributed by atoms with Crippen molar-refractivity contribution in [1.82, 2.24) is 15.3 Å². The average Bonchev–Trinajstić information content (AvgIpc) is 2.91. The molecule has 0 unspecified atom stereocenters. The van der Waals surface area contributed by atoms with Crippen LogP contribution in [0.15, 0.2) is 36.7 Å². The fraction of sp³-hybridized carbons (Fsp3) is 0.400. The van der Waals surface area contributed by atoms with Gasteiger partial charge < -0.3 is 10.3 Å². The fourth-order valence-electron chi connectivity index (χ4n) is 2.11. The van der Waals surface area contributed by atoms with Gasteiger partial charge in [-0.15, -0.1) is 0 Å². The van der Waals surface area contributed by atoms with Crippen LogP contribution in [0.1, 0.15) is 30.8 Å². The summed E-state index contributed by atoms with van der Waals surface area (Å²) >= 11 is 0. The van der Waals surface area contributed by atoms with Crippen molar-refractivity contribution in [2.45, 2.75) is 32.0 Å². The van der Waals surface area contributed by atoms with Crippen LogP contribution in [-0.4, -0.2) is 16.5 Å². The highest BCUT2D eigenvalue weighted by Gasteiger charge is 2.32. The van der Waals surface area contributed by atoms with Crippen LogP contribution in [0, 0.1) is 0 Å². The van der Waals surface area contributed by atoms with Gasteiger partial charge in [0, 0.05) is 24.4 Å². The number of nitrogens with one attached hydrogen (secondary N) is 2. The minimum absolute atomic E-state index is 0.409. The molecule has 2 aromatic rings. The molecule has 0 bridgehead atoms. The Bertz CT molecular complexity index is 574.